The average molecular weight is 266 g/mol. The fourth-order valence-corrected chi connectivity index (χ4v) is 1.70. The lowest BCUT2D eigenvalue weighted by Crippen LogP contribution is -2.59. The largest absolute Gasteiger partial charge is 0.481 e. The van der Waals surface area contributed by atoms with Crippen LogP contribution in [-0.2, 0) is 14.3 Å². The number of hydrogen-bond acceptors (Lipinski definition) is 7. The molecule has 0 bridgehead atoms. The highest BCUT2D eigenvalue weighted by Gasteiger charge is 2.44. The molecule has 0 aromatic carbocycles. The Labute approximate surface area is 103 Å². The first kappa shape index (κ1) is 15.3. The van der Waals surface area contributed by atoms with Crippen molar-refractivity contribution in [2.75, 3.05) is 6.61 Å². The Morgan fingerprint density at radius 1 is 1.28 bits per heavy atom. The van der Waals surface area contributed by atoms with Gasteiger partial charge in [-0.15, -0.1) is 0 Å². The second-order valence-corrected chi connectivity index (χ2v) is 4.24. The van der Waals surface area contributed by atoms with E-state index >= 15 is 0 Å². The first-order chi connectivity index (χ1) is 8.36. The molecule has 5 N–H and O–H groups in total. The standard InChI is InChI=1S/C10H18O8/c1-4(2-6(12)13)17-10-9(16)8(15)7(14)5(3-11)18-10/h4-5,7-11,14-16H,2-3H2,1H3,(H,12,13)/t4?,5-,7-,8+,9-,10+/m1/s1. The summed E-state index contributed by atoms with van der Waals surface area (Å²) < 4.78 is 10.2. The Bertz CT molecular complexity index is 281. The molecular weight excluding hydrogens is 248 g/mol. The second-order valence-electron chi connectivity index (χ2n) is 4.24. The predicted molar refractivity (Wildman–Crippen MR) is 56.6 cm³/mol. The number of carboxylic acids is 1. The third kappa shape index (κ3) is 3.61. The Morgan fingerprint density at radius 3 is 2.39 bits per heavy atom. The van der Waals surface area contributed by atoms with Crippen LogP contribution < -0.4 is 0 Å². The highest BCUT2D eigenvalue weighted by Crippen LogP contribution is 2.23. The molecule has 0 radical (unpaired) electrons. The van der Waals surface area contributed by atoms with E-state index in [2.05, 4.69) is 0 Å². The topological polar surface area (TPSA) is 137 Å². The molecule has 0 aromatic heterocycles. The van der Waals surface area contributed by atoms with Crippen molar-refractivity contribution in [3.63, 3.8) is 0 Å². The number of aliphatic hydroxyl groups is 4. The molecule has 106 valence electrons. The van der Waals surface area contributed by atoms with Crippen LogP contribution in [0, 0.1) is 0 Å². The number of rotatable bonds is 5. The molecule has 0 spiro atoms. The van der Waals surface area contributed by atoms with E-state index in [-0.39, 0.29) is 6.42 Å². The molecule has 18 heavy (non-hydrogen) atoms. The van der Waals surface area contributed by atoms with Gasteiger partial charge in [-0.1, -0.05) is 0 Å². The maximum absolute atomic E-state index is 10.5. The fraction of sp³-hybridized carbons (Fsp3) is 0.900. The van der Waals surface area contributed by atoms with Gasteiger partial charge in [0.25, 0.3) is 0 Å². The molecule has 1 unspecified atom stereocenters. The third-order valence-electron chi connectivity index (χ3n) is 2.68. The van der Waals surface area contributed by atoms with Gasteiger partial charge in [0.15, 0.2) is 6.29 Å². The lowest BCUT2D eigenvalue weighted by Gasteiger charge is -2.40. The van der Waals surface area contributed by atoms with Gasteiger partial charge in [-0.2, -0.15) is 0 Å². The minimum Gasteiger partial charge on any atom is -0.481 e. The predicted octanol–water partition coefficient (Wildman–Crippen LogP) is -2.33. The number of aliphatic hydroxyl groups excluding tert-OH is 4. The van der Waals surface area contributed by atoms with E-state index in [9.17, 15) is 20.1 Å². The lowest BCUT2D eigenvalue weighted by molar-refractivity contribution is -0.310. The SMILES string of the molecule is CC(CC(=O)O)O[C@H]1O[C@H](CO)[C@@H](O)[C@H](O)[C@H]1O. The van der Waals surface area contributed by atoms with Crippen LogP contribution >= 0.6 is 0 Å². The number of aliphatic carboxylic acids is 1. The lowest BCUT2D eigenvalue weighted by atomic mass is 9.99. The van der Waals surface area contributed by atoms with Gasteiger partial charge in [-0.25, -0.2) is 0 Å². The van der Waals surface area contributed by atoms with Gasteiger partial charge < -0.3 is 35.0 Å². The number of hydrogen-bond donors (Lipinski definition) is 5. The number of carbonyl (C=O) groups is 1. The maximum atomic E-state index is 10.5. The maximum Gasteiger partial charge on any atom is 0.305 e. The van der Waals surface area contributed by atoms with Gasteiger partial charge in [0.2, 0.25) is 0 Å². The molecule has 6 atom stereocenters. The van der Waals surface area contributed by atoms with Crippen molar-refractivity contribution in [2.45, 2.75) is 50.2 Å². The Morgan fingerprint density at radius 2 is 1.89 bits per heavy atom. The molecule has 0 amide bonds. The number of ether oxygens (including phenoxy) is 2. The monoisotopic (exact) mass is 266 g/mol. The molecule has 8 nitrogen and oxygen atoms in total. The van der Waals surface area contributed by atoms with Crippen molar-refractivity contribution in [1.82, 2.24) is 0 Å². The molecule has 8 heteroatoms. The highest BCUT2D eigenvalue weighted by molar-refractivity contribution is 5.67. The minimum absolute atomic E-state index is 0.297. The summed E-state index contributed by atoms with van der Waals surface area (Å²) in [6.07, 6.45) is -7.91. The normalized spacial score (nSPS) is 38.4. The van der Waals surface area contributed by atoms with Crippen LogP contribution in [0.3, 0.4) is 0 Å². The average Bonchev–Trinajstić information content (AvgIpc) is 2.29. The van der Waals surface area contributed by atoms with E-state index in [1.165, 1.54) is 6.92 Å². The first-order valence-electron chi connectivity index (χ1n) is 5.54. The van der Waals surface area contributed by atoms with Gasteiger partial charge in [-0.05, 0) is 6.92 Å². The van der Waals surface area contributed by atoms with Gasteiger partial charge in [0.1, 0.15) is 24.4 Å². The van der Waals surface area contributed by atoms with Crippen molar-refractivity contribution in [2.24, 2.45) is 0 Å². The summed E-state index contributed by atoms with van der Waals surface area (Å²) in [7, 11) is 0. The summed E-state index contributed by atoms with van der Waals surface area (Å²) >= 11 is 0. The molecule has 1 rings (SSSR count). The molecule has 0 saturated carbocycles. The highest BCUT2D eigenvalue weighted by atomic mass is 16.7. The first-order valence-corrected chi connectivity index (χ1v) is 5.54. The van der Waals surface area contributed by atoms with Crippen LogP contribution in [0.1, 0.15) is 13.3 Å². The van der Waals surface area contributed by atoms with Crippen LogP contribution in [0.4, 0.5) is 0 Å². The zero-order chi connectivity index (χ0) is 13.9. The molecule has 1 aliphatic heterocycles. The molecular formula is C10H18O8. The van der Waals surface area contributed by atoms with Crippen molar-refractivity contribution in [1.29, 1.82) is 0 Å². The summed E-state index contributed by atoms with van der Waals surface area (Å²) in [6, 6.07) is 0. The Balaban J connectivity index is 2.61. The fourth-order valence-electron chi connectivity index (χ4n) is 1.70. The van der Waals surface area contributed by atoms with E-state index in [0.717, 1.165) is 0 Å². The smallest absolute Gasteiger partial charge is 0.305 e. The van der Waals surface area contributed by atoms with Crippen LogP contribution in [0.5, 0.6) is 0 Å². The summed E-state index contributed by atoms with van der Waals surface area (Å²) in [5.41, 5.74) is 0. The van der Waals surface area contributed by atoms with Gasteiger partial charge in [0.05, 0.1) is 19.1 Å². The summed E-state index contributed by atoms with van der Waals surface area (Å²) in [5, 5.41) is 46.1. The minimum atomic E-state index is -1.53. The molecule has 1 saturated heterocycles. The van der Waals surface area contributed by atoms with Crippen molar-refractivity contribution in [3.8, 4) is 0 Å². The zero-order valence-corrected chi connectivity index (χ0v) is 9.84. The number of carboxylic acid groups (broad SMARTS) is 1. The van der Waals surface area contributed by atoms with Gasteiger partial charge in [0, 0.05) is 0 Å². The molecule has 0 aliphatic carbocycles. The summed E-state index contributed by atoms with van der Waals surface area (Å²) in [5.74, 6) is -1.08. The van der Waals surface area contributed by atoms with E-state index < -0.39 is 49.4 Å². The van der Waals surface area contributed by atoms with Crippen LogP contribution in [0.2, 0.25) is 0 Å². The quantitative estimate of drug-likeness (QED) is 0.373. The zero-order valence-electron chi connectivity index (χ0n) is 9.84. The van der Waals surface area contributed by atoms with Crippen molar-refractivity contribution < 1.29 is 39.8 Å². The van der Waals surface area contributed by atoms with Gasteiger partial charge in [-0.3, -0.25) is 4.79 Å². The van der Waals surface area contributed by atoms with E-state index in [0.29, 0.717) is 0 Å². The summed E-state index contributed by atoms with van der Waals surface area (Å²) in [6.45, 7) is 0.910. The molecule has 1 aliphatic rings. The molecule has 0 aromatic rings. The van der Waals surface area contributed by atoms with Crippen LogP contribution in [-0.4, -0.2) is 74.9 Å². The third-order valence-corrected chi connectivity index (χ3v) is 2.68. The Hall–Kier alpha value is -0.770. The second kappa shape index (κ2) is 6.41. The van der Waals surface area contributed by atoms with Gasteiger partial charge >= 0.3 is 5.97 Å². The van der Waals surface area contributed by atoms with Crippen molar-refractivity contribution >= 4 is 5.97 Å². The van der Waals surface area contributed by atoms with Crippen LogP contribution in [0.25, 0.3) is 0 Å². The van der Waals surface area contributed by atoms with E-state index in [1.807, 2.05) is 0 Å². The molecule has 1 fully saturated rings. The summed E-state index contributed by atoms with van der Waals surface area (Å²) in [4.78, 5) is 10.5. The Kier molecular flexibility index (Phi) is 5.45. The van der Waals surface area contributed by atoms with E-state index in [1.54, 1.807) is 0 Å². The van der Waals surface area contributed by atoms with Crippen LogP contribution in [0.15, 0.2) is 0 Å². The van der Waals surface area contributed by atoms with Crippen molar-refractivity contribution in [3.05, 3.63) is 0 Å². The van der Waals surface area contributed by atoms with E-state index in [4.69, 9.17) is 19.7 Å². The molecule has 1 heterocycles.